The number of halogens is 2. The zero-order chi connectivity index (χ0) is 15.6. The Labute approximate surface area is 116 Å². The predicted octanol–water partition coefficient (Wildman–Crippen LogP) is 2.10. The summed E-state index contributed by atoms with van der Waals surface area (Å²) in [4.78, 5) is 25.0. The molecule has 2 rings (SSSR count). The van der Waals surface area contributed by atoms with Crippen LogP contribution in [-0.2, 0) is 6.54 Å². The lowest BCUT2D eigenvalue weighted by atomic mass is 10.1. The number of nitrogens with one attached hydrogen (secondary N) is 1. The molecule has 1 aromatic carbocycles. The van der Waals surface area contributed by atoms with E-state index in [9.17, 15) is 23.7 Å². The number of carbonyl (C=O) groups excluding carboxylic acids is 1. The van der Waals surface area contributed by atoms with Gasteiger partial charge in [-0.15, -0.1) is 0 Å². The SMILES string of the molecule is Cc1cnc(CNC(=O)c2cc(F)cc([N+](=O)[O-])c2F)o1. The normalized spacial score (nSPS) is 10.4. The van der Waals surface area contributed by atoms with E-state index in [1.165, 1.54) is 6.20 Å². The predicted molar refractivity (Wildman–Crippen MR) is 65.4 cm³/mol. The minimum Gasteiger partial charge on any atom is -0.444 e. The van der Waals surface area contributed by atoms with Crippen molar-refractivity contribution in [3.8, 4) is 0 Å². The minimum atomic E-state index is -1.40. The summed E-state index contributed by atoms with van der Waals surface area (Å²) in [7, 11) is 0. The van der Waals surface area contributed by atoms with Crippen LogP contribution in [-0.4, -0.2) is 15.8 Å². The number of carbonyl (C=O) groups is 1. The second-order valence-corrected chi connectivity index (χ2v) is 4.09. The van der Waals surface area contributed by atoms with E-state index in [2.05, 4.69) is 10.3 Å². The van der Waals surface area contributed by atoms with Gasteiger partial charge in [0.2, 0.25) is 11.7 Å². The van der Waals surface area contributed by atoms with Crippen LogP contribution in [0.2, 0.25) is 0 Å². The maximum Gasteiger partial charge on any atom is 0.308 e. The second-order valence-electron chi connectivity index (χ2n) is 4.09. The monoisotopic (exact) mass is 297 g/mol. The van der Waals surface area contributed by atoms with Gasteiger partial charge in [0.1, 0.15) is 11.6 Å². The van der Waals surface area contributed by atoms with Crippen molar-refractivity contribution in [1.29, 1.82) is 0 Å². The molecule has 1 heterocycles. The Morgan fingerprint density at radius 3 is 2.76 bits per heavy atom. The molecule has 0 spiro atoms. The van der Waals surface area contributed by atoms with Gasteiger partial charge in [0.15, 0.2) is 0 Å². The lowest BCUT2D eigenvalue weighted by Crippen LogP contribution is -2.24. The quantitative estimate of drug-likeness (QED) is 0.688. The fraction of sp³-hybridized carbons (Fsp3) is 0.167. The molecule has 0 aliphatic carbocycles. The van der Waals surface area contributed by atoms with Crippen LogP contribution in [0.15, 0.2) is 22.7 Å². The summed E-state index contributed by atoms with van der Waals surface area (Å²) in [5.74, 6) is -2.80. The standard InChI is InChI=1S/C12H9F2N3O4/c1-6-4-15-10(21-6)5-16-12(18)8-2-7(13)3-9(11(8)14)17(19)20/h2-4H,5H2,1H3,(H,16,18). The number of hydrogen-bond acceptors (Lipinski definition) is 5. The third-order valence-corrected chi connectivity index (χ3v) is 2.53. The molecule has 1 N–H and O–H groups in total. The van der Waals surface area contributed by atoms with Crippen LogP contribution in [0.3, 0.4) is 0 Å². The van der Waals surface area contributed by atoms with E-state index in [0.717, 1.165) is 0 Å². The number of nitro benzene ring substituents is 1. The molecule has 110 valence electrons. The van der Waals surface area contributed by atoms with Crippen LogP contribution in [0.4, 0.5) is 14.5 Å². The molecule has 0 aliphatic heterocycles. The van der Waals surface area contributed by atoms with Crippen molar-refractivity contribution in [2.45, 2.75) is 13.5 Å². The molecule has 0 radical (unpaired) electrons. The Morgan fingerprint density at radius 1 is 1.48 bits per heavy atom. The first-order chi connectivity index (χ1) is 9.88. The zero-order valence-electron chi connectivity index (χ0n) is 10.7. The molecule has 0 unspecified atom stereocenters. The van der Waals surface area contributed by atoms with Gasteiger partial charge in [0, 0.05) is 0 Å². The maximum atomic E-state index is 13.8. The maximum absolute atomic E-state index is 13.8. The van der Waals surface area contributed by atoms with Crippen LogP contribution in [0, 0.1) is 28.7 Å². The molecule has 1 amide bonds. The highest BCUT2D eigenvalue weighted by atomic mass is 19.1. The van der Waals surface area contributed by atoms with Crippen molar-refractivity contribution in [3.63, 3.8) is 0 Å². The van der Waals surface area contributed by atoms with Crippen molar-refractivity contribution < 1.29 is 22.9 Å². The van der Waals surface area contributed by atoms with E-state index in [4.69, 9.17) is 4.42 Å². The summed E-state index contributed by atoms with van der Waals surface area (Å²) in [6.07, 6.45) is 1.43. The Morgan fingerprint density at radius 2 is 2.19 bits per heavy atom. The Kier molecular flexibility index (Phi) is 3.92. The first-order valence-corrected chi connectivity index (χ1v) is 5.71. The number of oxazole rings is 1. The molecule has 7 nitrogen and oxygen atoms in total. The van der Waals surface area contributed by atoms with Crippen LogP contribution in [0.5, 0.6) is 0 Å². The molecule has 21 heavy (non-hydrogen) atoms. The number of rotatable bonds is 4. The van der Waals surface area contributed by atoms with Gasteiger partial charge < -0.3 is 9.73 Å². The number of nitrogens with zero attached hydrogens (tertiary/aromatic N) is 2. The van der Waals surface area contributed by atoms with E-state index >= 15 is 0 Å². The number of hydrogen-bond donors (Lipinski definition) is 1. The van der Waals surface area contributed by atoms with Crippen molar-refractivity contribution in [2.24, 2.45) is 0 Å². The number of aromatic nitrogens is 1. The van der Waals surface area contributed by atoms with Gasteiger partial charge in [-0.25, -0.2) is 9.37 Å². The number of aryl methyl sites for hydroxylation is 1. The van der Waals surface area contributed by atoms with Gasteiger partial charge in [-0.3, -0.25) is 14.9 Å². The van der Waals surface area contributed by atoms with Gasteiger partial charge in [-0.2, -0.15) is 4.39 Å². The van der Waals surface area contributed by atoms with Gasteiger partial charge in [0.05, 0.1) is 29.3 Å². The van der Waals surface area contributed by atoms with Crippen molar-refractivity contribution in [2.75, 3.05) is 0 Å². The van der Waals surface area contributed by atoms with Crippen LogP contribution >= 0.6 is 0 Å². The van der Waals surface area contributed by atoms with Crippen molar-refractivity contribution >= 4 is 11.6 Å². The summed E-state index contributed by atoms with van der Waals surface area (Å²) < 4.78 is 32.1. The minimum absolute atomic E-state index is 0.156. The molecule has 0 bridgehead atoms. The van der Waals surface area contributed by atoms with E-state index in [-0.39, 0.29) is 12.4 Å². The molecule has 0 aliphatic rings. The molecule has 2 aromatic rings. The van der Waals surface area contributed by atoms with Crippen LogP contribution < -0.4 is 5.32 Å². The van der Waals surface area contributed by atoms with Gasteiger partial charge in [-0.05, 0) is 13.0 Å². The average molecular weight is 297 g/mol. The van der Waals surface area contributed by atoms with E-state index in [0.29, 0.717) is 17.9 Å². The van der Waals surface area contributed by atoms with Crippen LogP contribution in [0.25, 0.3) is 0 Å². The molecule has 9 heteroatoms. The summed E-state index contributed by atoms with van der Waals surface area (Å²) in [6, 6.07) is 0.988. The average Bonchev–Trinajstić information content (AvgIpc) is 2.83. The Hall–Kier alpha value is -2.84. The number of amides is 1. The van der Waals surface area contributed by atoms with E-state index in [1.807, 2.05) is 0 Å². The third kappa shape index (κ3) is 3.19. The summed E-state index contributed by atoms with van der Waals surface area (Å²) in [6.45, 7) is 1.49. The number of nitro groups is 1. The van der Waals surface area contributed by atoms with Gasteiger partial charge in [0.25, 0.3) is 5.91 Å². The van der Waals surface area contributed by atoms with Gasteiger partial charge in [-0.1, -0.05) is 0 Å². The molecular weight excluding hydrogens is 288 g/mol. The molecule has 0 saturated heterocycles. The molecule has 0 saturated carbocycles. The number of benzene rings is 1. The highest BCUT2D eigenvalue weighted by Crippen LogP contribution is 2.22. The highest BCUT2D eigenvalue weighted by Gasteiger charge is 2.24. The lowest BCUT2D eigenvalue weighted by Gasteiger charge is -2.05. The Bertz CT molecular complexity index is 715. The highest BCUT2D eigenvalue weighted by molar-refractivity contribution is 5.95. The molecule has 0 fully saturated rings. The van der Waals surface area contributed by atoms with Crippen LogP contribution in [0.1, 0.15) is 22.0 Å². The van der Waals surface area contributed by atoms with Gasteiger partial charge >= 0.3 is 5.69 Å². The molecule has 0 atom stereocenters. The first-order valence-electron chi connectivity index (χ1n) is 5.71. The van der Waals surface area contributed by atoms with Crippen molar-refractivity contribution in [3.05, 3.63) is 57.3 Å². The topological polar surface area (TPSA) is 98.3 Å². The molecule has 1 aromatic heterocycles. The fourth-order valence-corrected chi connectivity index (χ4v) is 1.61. The van der Waals surface area contributed by atoms with E-state index in [1.54, 1.807) is 6.92 Å². The van der Waals surface area contributed by atoms with Crippen molar-refractivity contribution in [1.82, 2.24) is 10.3 Å². The zero-order valence-corrected chi connectivity index (χ0v) is 10.7. The van der Waals surface area contributed by atoms with E-state index < -0.39 is 33.7 Å². The lowest BCUT2D eigenvalue weighted by molar-refractivity contribution is -0.387. The summed E-state index contributed by atoms with van der Waals surface area (Å²) in [5.41, 5.74) is -1.86. The smallest absolute Gasteiger partial charge is 0.308 e. The summed E-state index contributed by atoms with van der Waals surface area (Å²) in [5, 5.41) is 12.8. The summed E-state index contributed by atoms with van der Waals surface area (Å²) >= 11 is 0. The third-order valence-electron chi connectivity index (χ3n) is 2.53. The first kappa shape index (κ1) is 14.6. The molecular formula is C12H9F2N3O4. The fourth-order valence-electron chi connectivity index (χ4n) is 1.61. The largest absolute Gasteiger partial charge is 0.444 e. The Balaban J connectivity index is 2.21. The second kappa shape index (κ2) is 5.65.